The van der Waals surface area contributed by atoms with E-state index in [1.807, 2.05) is 30.5 Å². The quantitative estimate of drug-likeness (QED) is 0.636. The summed E-state index contributed by atoms with van der Waals surface area (Å²) < 4.78 is 0. The molecular formula is C12H13N3OS. The number of benzene rings is 1. The van der Waals surface area contributed by atoms with Crippen LogP contribution in [0.15, 0.2) is 39.9 Å². The molecule has 0 radical (unpaired) electrons. The number of nitrogens with zero attached hydrogens (tertiary/aromatic N) is 2. The van der Waals surface area contributed by atoms with E-state index in [0.717, 1.165) is 5.56 Å². The molecule has 88 valence electrons. The molecule has 1 aromatic rings. The van der Waals surface area contributed by atoms with Gasteiger partial charge in [-0.3, -0.25) is 4.79 Å². The maximum absolute atomic E-state index is 11.5. The summed E-state index contributed by atoms with van der Waals surface area (Å²) in [7, 11) is 1.73. The largest absolute Gasteiger partial charge is 0.369 e. The molecule has 1 heterocycles. The van der Waals surface area contributed by atoms with E-state index in [2.05, 4.69) is 4.99 Å². The second-order valence-corrected chi connectivity index (χ2v) is 4.52. The van der Waals surface area contributed by atoms with Crippen LogP contribution in [0.25, 0.3) is 6.08 Å². The van der Waals surface area contributed by atoms with Crippen molar-refractivity contribution in [3.05, 3.63) is 35.5 Å². The van der Waals surface area contributed by atoms with Crippen LogP contribution < -0.4 is 5.73 Å². The van der Waals surface area contributed by atoms with Crippen LogP contribution in [0.1, 0.15) is 5.56 Å². The molecule has 5 heteroatoms. The summed E-state index contributed by atoms with van der Waals surface area (Å²) in [5.41, 5.74) is 7.03. The first-order chi connectivity index (χ1) is 8.11. The van der Waals surface area contributed by atoms with Crippen molar-refractivity contribution in [2.75, 3.05) is 13.3 Å². The highest BCUT2D eigenvalue weighted by molar-refractivity contribution is 7.98. The molecule has 0 unspecified atom stereocenters. The van der Waals surface area contributed by atoms with Gasteiger partial charge < -0.3 is 10.6 Å². The molecule has 1 aromatic carbocycles. The van der Waals surface area contributed by atoms with Crippen LogP contribution in [0.5, 0.6) is 0 Å². The molecule has 2 N–H and O–H groups in total. The minimum absolute atomic E-state index is 0.238. The van der Waals surface area contributed by atoms with Crippen molar-refractivity contribution in [3.63, 3.8) is 0 Å². The lowest BCUT2D eigenvalue weighted by molar-refractivity contribution is -0.114. The first kappa shape index (κ1) is 11.7. The second kappa shape index (κ2) is 4.63. The zero-order valence-corrected chi connectivity index (χ0v) is 10.5. The number of thioether (sulfide) groups is 1. The fraction of sp³-hybridized carbons (Fsp3) is 0.167. The van der Waals surface area contributed by atoms with Crippen LogP contribution in [0.2, 0.25) is 0 Å². The van der Waals surface area contributed by atoms with Crippen LogP contribution in [-0.4, -0.2) is 30.1 Å². The highest BCUT2D eigenvalue weighted by Gasteiger charge is 2.23. The molecule has 0 spiro atoms. The molecule has 2 rings (SSSR count). The molecule has 0 fully saturated rings. The topological polar surface area (TPSA) is 58.7 Å². The van der Waals surface area contributed by atoms with E-state index in [-0.39, 0.29) is 11.9 Å². The number of guanidine groups is 1. The number of carbonyl (C=O) groups is 1. The SMILES string of the molecule is CSc1ccc(/C=C2/C(=O)N=C(N)N2C)cc1. The van der Waals surface area contributed by atoms with Crippen molar-refractivity contribution in [1.82, 2.24) is 4.90 Å². The molecular weight excluding hydrogens is 234 g/mol. The molecule has 1 aliphatic rings. The van der Waals surface area contributed by atoms with E-state index in [9.17, 15) is 4.79 Å². The van der Waals surface area contributed by atoms with Gasteiger partial charge in [-0.15, -0.1) is 11.8 Å². The van der Waals surface area contributed by atoms with Gasteiger partial charge in [-0.1, -0.05) is 12.1 Å². The Bertz CT molecular complexity index is 505. The Balaban J connectivity index is 2.28. The maximum atomic E-state index is 11.5. The lowest BCUT2D eigenvalue weighted by Gasteiger charge is -2.11. The summed E-state index contributed by atoms with van der Waals surface area (Å²) in [6.07, 6.45) is 3.81. The van der Waals surface area contributed by atoms with Crippen molar-refractivity contribution in [2.24, 2.45) is 10.7 Å². The maximum Gasteiger partial charge on any atom is 0.296 e. The van der Waals surface area contributed by atoms with Crippen LogP contribution in [0, 0.1) is 0 Å². The summed E-state index contributed by atoms with van der Waals surface area (Å²) in [5, 5.41) is 0. The van der Waals surface area contributed by atoms with Gasteiger partial charge in [-0.25, -0.2) is 0 Å². The molecule has 17 heavy (non-hydrogen) atoms. The van der Waals surface area contributed by atoms with Gasteiger partial charge in [0.25, 0.3) is 5.91 Å². The molecule has 0 saturated heterocycles. The lowest BCUT2D eigenvalue weighted by Crippen LogP contribution is -2.28. The van der Waals surface area contributed by atoms with E-state index >= 15 is 0 Å². The zero-order valence-electron chi connectivity index (χ0n) is 9.68. The molecule has 4 nitrogen and oxygen atoms in total. The van der Waals surface area contributed by atoms with E-state index in [1.54, 1.807) is 29.8 Å². The lowest BCUT2D eigenvalue weighted by atomic mass is 10.2. The number of carbonyl (C=O) groups excluding carboxylic acids is 1. The van der Waals surface area contributed by atoms with E-state index in [1.165, 1.54) is 4.90 Å². The average Bonchev–Trinajstić information content (AvgIpc) is 2.57. The molecule has 0 aromatic heterocycles. The number of rotatable bonds is 2. The number of amides is 1. The predicted octanol–water partition coefficient (Wildman–Crippen LogP) is 1.54. The molecule has 0 bridgehead atoms. The molecule has 0 aliphatic carbocycles. The summed E-state index contributed by atoms with van der Waals surface area (Å²) in [4.78, 5) is 18.0. The fourth-order valence-corrected chi connectivity index (χ4v) is 1.93. The average molecular weight is 247 g/mol. The predicted molar refractivity (Wildman–Crippen MR) is 70.6 cm³/mol. The molecule has 1 aliphatic heterocycles. The van der Waals surface area contributed by atoms with E-state index < -0.39 is 0 Å². The number of hydrogen-bond donors (Lipinski definition) is 1. The van der Waals surface area contributed by atoms with Crippen LogP contribution in [0.3, 0.4) is 0 Å². The van der Waals surface area contributed by atoms with Gasteiger partial charge in [-0.05, 0) is 30.0 Å². The minimum Gasteiger partial charge on any atom is -0.369 e. The van der Waals surface area contributed by atoms with Crippen molar-refractivity contribution in [3.8, 4) is 0 Å². The van der Waals surface area contributed by atoms with Crippen molar-refractivity contribution >= 4 is 29.7 Å². The van der Waals surface area contributed by atoms with Crippen LogP contribution in [-0.2, 0) is 4.79 Å². The standard InChI is InChI=1S/C12H13N3OS/c1-15-10(11(16)14-12(15)13)7-8-3-5-9(17-2)6-4-8/h3-7H,1-2H3,(H2,13,14,16)/b10-7-. The Hall–Kier alpha value is -1.75. The number of nitrogens with two attached hydrogens (primary N) is 1. The fourth-order valence-electron chi connectivity index (χ4n) is 1.52. The van der Waals surface area contributed by atoms with Gasteiger partial charge >= 0.3 is 0 Å². The normalized spacial score (nSPS) is 17.8. The van der Waals surface area contributed by atoms with Crippen LogP contribution in [0.4, 0.5) is 0 Å². The van der Waals surface area contributed by atoms with Gasteiger partial charge in [-0.2, -0.15) is 4.99 Å². The van der Waals surface area contributed by atoms with E-state index in [0.29, 0.717) is 5.70 Å². The summed E-state index contributed by atoms with van der Waals surface area (Å²) in [6.45, 7) is 0. The monoisotopic (exact) mass is 247 g/mol. The molecule has 0 atom stereocenters. The summed E-state index contributed by atoms with van der Waals surface area (Å²) in [5.74, 6) is -0.0547. The number of aliphatic imine (C=N–C) groups is 1. The van der Waals surface area contributed by atoms with E-state index in [4.69, 9.17) is 5.73 Å². The highest BCUT2D eigenvalue weighted by Crippen LogP contribution is 2.19. The molecule has 0 saturated carbocycles. The molecule has 1 amide bonds. The summed E-state index contributed by atoms with van der Waals surface area (Å²) >= 11 is 1.68. The minimum atomic E-state index is -0.293. The van der Waals surface area contributed by atoms with Gasteiger partial charge in [0.15, 0.2) is 0 Å². The van der Waals surface area contributed by atoms with Crippen molar-refractivity contribution in [1.29, 1.82) is 0 Å². The highest BCUT2D eigenvalue weighted by atomic mass is 32.2. The Kier molecular flexibility index (Phi) is 3.19. The second-order valence-electron chi connectivity index (χ2n) is 3.64. The van der Waals surface area contributed by atoms with Gasteiger partial charge in [0.05, 0.1) is 0 Å². The zero-order chi connectivity index (χ0) is 12.4. The Morgan fingerprint density at radius 1 is 1.35 bits per heavy atom. The third-order valence-corrected chi connectivity index (χ3v) is 3.30. The first-order valence-corrected chi connectivity index (χ1v) is 6.32. The van der Waals surface area contributed by atoms with Gasteiger partial charge in [0.2, 0.25) is 5.96 Å². The van der Waals surface area contributed by atoms with Gasteiger partial charge in [0, 0.05) is 11.9 Å². The Labute approximate surface area is 104 Å². The van der Waals surface area contributed by atoms with Crippen LogP contribution >= 0.6 is 11.8 Å². The Morgan fingerprint density at radius 3 is 2.47 bits per heavy atom. The third kappa shape index (κ3) is 2.34. The Morgan fingerprint density at radius 2 is 2.00 bits per heavy atom. The van der Waals surface area contributed by atoms with Crippen molar-refractivity contribution in [2.45, 2.75) is 4.90 Å². The number of likely N-dealkylation sites (N-methyl/N-ethyl adjacent to an activating group) is 1. The number of hydrogen-bond acceptors (Lipinski definition) is 4. The smallest absolute Gasteiger partial charge is 0.296 e. The third-order valence-electron chi connectivity index (χ3n) is 2.56. The van der Waals surface area contributed by atoms with Gasteiger partial charge in [0.1, 0.15) is 5.70 Å². The first-order valence-electron chi connectivity index (χ1n) is 5.10. The summed E-state index contributed by atoms with van der Waals surface area (Å²) in [6, 6.07) is 7.96. The van der Waals surface area contributed by atoms with Crippen molar-refractivity contribution < 1.29 is 4.79 Å².